The Labute approximate surface area is 76.3 Å². The van der Waals surface area contributed by atoms with Crippen LogP contribution in [0.3, 0.4) is 0 Å². The van der Waals surface area contributed by atoms with Crippen molar-refractivity contribution in [2.24, 2.45) is 0 Å². The van der Waals surface area contributed by atoms with Gasteiger partial charge in [-0.25, -0.2) is 0 Å². The number of hydrogen-bond donors (Lipinski definition) is 5. The van der Waals surface area contributed by atoms with E-state index in [0.717, 1.165) is 0 Å². The van der Waals surface area contributed by atoms with Gasteiger partial charge >= 0.3 is 0 Å². The summed E-state index contributed by atoms with van der Waals surface area (Å²) in [6.45, 7) is -0.316. The number of aliphatic hydroxyl groups excluding tert-OH is 4. The summed E-state index contributed by atoms with van der Waals surface area (Å²) in [6.07, 6.45) is -1.94. The largest absolute Gasteiger partial charge is 0.392 e. The van der Waals surface area contributed by atoms with E-state index in [4.69, 9.17) is 5.11 Å². The van der Waals surface area contributed by atoms with Crippen LogP contribution in [0.15, 0.2) is 11.6 Å². The predicted octanol–water partition coefficient (Wildman–Crippen LogP) is -2.41. The molecule has 0 amide bonds. The first kappa shape index (κ1) is 10.6. The van der Waals surface area contributed by atoms with Gasteiger partial charge in [0.2, 0.25) is 0 Å². The molecule has 0 heterocycles. The Hall–Kier alpha value is -0.460. The molecule has 5 nitrogen and oxygen atoms in total. The van der Waals surface area contributed by atoms with Gasteiger partial charge < -0.3 is 25.7 Å². The van der Waals surface area contributed by atoms with Crippen LogP contribution in [0.2, 0.25) is 0 Å². The third kappa shape index (κ3) is 1.90. The van der Waals surface area contributed by atoms with Crippen LogP contribution in [0.5, 0.6) is 0 Å². The topological polar surface area (TPSA) is 93.0 Å². The molecule has 5 N–H and O–H groups in total. The molecule has 76 valence electrons. The molecular weight excluding hydrogens is 174 g/mol. The Morgan fingerprint density at radius 2 is 1.92 bits per heavy atom. The highest BCUT2D eigenvalue weighted by atomic mass is 16.4. The van der Waals surface area contributed by atoms with Crippen molar-refractivity contribution in [1.29, 1.82) is 0 Å². The zero-order valence-corrected chi connectivity index (χ0v) is 7.38. The van der Waals surface area contributed by atoms with Crippen molar-refractivity contribution in [3.05, 3.63) is 11.6 Å². The summed E-state index contributed by atoms with van der Waals surface area (Å²) in [5.41, 5.74) is 0.331. The summed E-state index contributed by atoms with van der Waals surface area (Å²) in [5, 5.41) is 39.7. The fraction of sp³-hybridized carbons (Fsp3) is 0.750. The van der Waals surface area contributed by atoms with Crippen molar-refractivity contribution in [2.75, 3.05) is 13.7 Å². The highest BCUT2D eigenvalue weighted by Crippen LogP contribution is 2.19. The molecule has 0 saturated carbocycles. The smallest absolute Gasteiger partial charge is 0.111 e. The molecule has 0 aliphatic heterocycles. The molecular formula is C8H15NO4. The second-order valence-electron chi connectivity index (χ2n) is 3.14. The Kier molecular flexibility index (Phi) is 3.40. The van der Waals surface area contributed by atoms with Crippen LogP contribution in [-0.2, 0) is 0 Å². The third-order valence-corrected chi connectivity index (χ3v) is 2.33. The van der Waals surface area contributed by atoms with Crippen molar-refractivity contribution in [3.8, 4) is 0 Å². The van der Waals surface area contributed by atoms with Gasteiger partial charge in [0.25, 0.3) is 0 Å². The van der Waals surface area contributed by atoms with Gasteiger partial charge in [0, 0.05) is 0 Å². The molecule has 13 heavy (non-hydrogen) atoms. The second-order valence-corrected chi connectivity index (χ2v) is 3.14. The van der Waals surface area contributed by atoms with Gasteiger partial charge in [0.05, 0.1) is 12.6 Å². The van der Waals surface area contributed by atoms with E-state index in [0.29, 0.717) is 5.57 Å². The fourth-order valence-electron chi connectivity index (χ4n) is 1.45. The van der Waals surface area contributed by atoms with Gasteiger partial charge in [-0.2, -0.15) is 0 Å². The molecule has 0 fully saturated rings. The molecule has 0 spiro atoms. The molecule has 1 rings (SSSR count). The molecule has 0 aromatic carbocycles. The molecule has 0 radical (unpaired) electrons. The molecule has 0 bridgehead atoms. The van der Waals surface area contributed by atoms with Gasteiger partial charge in [-0.3, -0.25) is 0 Å². The molecule has 4 atom stereocenters. The molecule has 0 aromatic rings. The molecule has 2 unspecified atom stereocenters. The van der Waals surface area contributed by atoms with Crippen LogP contribution in [-0.4, -0.2) is 58.4 Å². The second kappa shape index (κ2) is 4.17. The third-order valence-electron chi connectivity index (χ3n) is 2.33. The lowest BCUT2D eigenvalue weighted by molar-refractivity contribution is -0.0633. The Balaban J connectivity index is 2.86. The summed E-state index contributed by atoms with van der Waals surface area (Å²) >= 11 is 0. The van der Waals surface area contributed by atoms with Crippen LogP contribution in [0.1, 0.15) is 0 Å². The Morgan fingerprint density at radius 3 is 2.38 bits per heavy atom. The minimum atomic E-state index is -1.25. The summed E-state index contributed by atoms with van der Waals surface area (Å²) in [7, 11) is 1.63. The van der Waals surface area contributed by atoms with E-state index < -0.39 is 24.4 Å². The molecule has 1 aliphatic rings. The van der Waals surface area contributed by atoms with Crippen LogP contribution in [0, 0.1) is 0 Å². The average Bonchev–Trinajstić information content (AvgIpc) is 2.15. The summed E-state index contributed by atoms with van der Waals surface area (Å²) < 4.78 is 0. The first-order chi connectivity index (χ1) is 6.11. The maximum absolute atomic E-state index is 9.42. The maximum atomic E-state index is 9.42. The minimum Gasteiger partial charge on any atom is -0.392 e. The van der Waals surface area contributed by atoms with Crippen molar-refractivity contribution in [2.45, 2.75) is 24.4 Å². The highest BCUT2D eigenvalue weighted by molar-refractivity contribution is 5.21. The van der Waals surface area contributed by atoms with Crippen LogP contribution >= 0.6 is 0 Å². The van der Waals surface area contributed by atoms with E-state index in [1.807, 2.05) is 0 Å². The van der Waals surface area contributed by atoms with Crippen molar-refractivity contribution < 1.29 is 20.4 Å². The van der Waals surface area contributed by atoms with Gasteiger partial charge in [-0.15, -0.1) is 0 Å². The minimum absolute atomic E-state index is 0.316. The van der Waals surface area contributed by atoms with Crippen LogP contribution in [0.4, 0.5) is 0 Å². The molecule has 0 saturated heterocycles. The van der Waals surface area contributed by atoms with Gasteiger partial charge in [-0.1, -0.05) is 6.08 Å². The molecule has 1 aliphatic carbocycles. The van der Waals surface area contributed by atoms with E-state index in [2.05, 4.69) is 5.32 Å². The highest BCUT2D eigenvalue weighted by Gasteiger charge is 2.36. The maximum Gasteiger partial charge on any atom is 0.111 e. The summed E-state index contributed by atoms with van der Waals surface area (Å²) in [4.78, 5) is 0. The Morgan fingerprint density at radius 1 is 1.31 bits per heavy atom. The lowest BCUT2D eigenvalue weighted by Crippen LogP contribution is -2.53. The van der Waals surface area contributed by atoms with Gasteiger partial charge in [0.15, 0.2) is 0 Å². The number of likely N-dealkylation sites (N-methyl/N-ethyl adjacent to an activating group) is 1. The van der Waals surface area contributed by atoms with E-state index in [-0.39, 0.29) is 6.61 Å². The Bertz CT molecular complexity index is 206. The first-order valence-corrected chi connectivity index (χ1v) is 4.14. The zero-order valence-electron chi connectivity index (χ0n) is 7.38. The molecule has 5 heteroatoms. The fourth-order valence-corrected chi connectivity index (χ4v) is 1.45. The van der Waals surface area contributed by atoms with Gasteiger partial charge in [0.1, 0.15) is 18.3 Å². The SMILES string of the molecule is CN[C@@H]1C=C(CO)[C@H](O)C(O)C1O. The van der Waals surface area contributed by atoms with Crippen LogP contribution < -0.4 is 5.32 Å². The lowest BCUT2D eigenvalue weighted by atomic mass is 9.88. The normalized spacial score (nSPS) is 40.2. The van der Waals surface area contributed by atoms with E-state index in [1.54, 1.807) is 7.05 Å². The lowest BCUT2D eigenvalue weighted by Gasteiger charge is -2.33. The number of nitrogens with one attached hydrogen (secondary N) is 1. The van der Waals surface area contributed by atoms with Crippen LogP contribution in [0.25, 0.3) is 0 Å². The molecule has 0 aromatic heterocycles. The van der Waals surface area contributed by atoms with E-state index in [9.17, 15) is 15.3 Å². The summed E-state index contributed by atoms with van der Waals surface area (Å²) in [5.74, 6) is 0. The number of aliphatic hydroxyl groups is 4. The average molecular weight is 189 g/mol. The quantitative estimate of drug-likeness (QED) is 0.312. The van der Waals surface area contributed by atoms with Gasteiger partial charge in [-0.05, 0) is 12.6 Å². The zero-order chi connectivity index (χ0) is 10.0. The van der Waals surface area contributed by atoms with Crippen molar-refractivity contribution in [3.63, 3.8) is 0 Å². The first-order valence-electron chi connectivity index (χ1n) is 4.14. The monoisotopic (exact) mass is 189 g/mol. The van der Waals surface area contributed by atoms with E-state index >= 15 is 0 Å². The van der Waals surface area contributed by atoms with E-state index in [1.165, 1.54) is 6.08 Å². The number of hydrogen-bond acceptors (Lipinski definition) is 5. The van der Waals surface area contributed by atoms with Crippen molar-refractivity contribution >= 4 is 0 Å². The predicted molar refractivity (Wildman–Crippen MR) is 46.0 cm³/mol. The standard InChI is InChI=1S/C8H15NO4/c1-9-5-2-4(3-10)6(11)8(13)7(5)12/h2,5-13H,3H2,1H3/t5-,6+,7?,8?/m1/s1. The summed E-state index contributed by atoms with van der Waals surface area (Å²) in [6, 6.07) is -0.430. The number of rotatable bonds is 2. The van der Waals surface area contributed by atoms with Crippen molar-refractivity contribution in [1.82, 2.24) is 5.32 Å².